The van der Waals surface area contributed by atoms with Gasteiger partial charge in [0.15, 0.2) is 0 Å². The predicted octanol–water partition coefficient (Wildman–Crippen LogP) is 0.420. The number of piperazine rings is 1. The molecule has 1 saturated heterocycles. The molecule has 0 aromatic heterocycles. The molecule has 1 aliphatic heterocycles. The summed E-state index contributed by atoms with van der Waals surface area (Å²) in [7, 11) is 0. The first-order valence-electron chi connectivity index (χ1n) is 6.44. The van der Waals surface area contributed by atoms with Crippen molar-refractivity contribution < 1.29 is 4.79 Å². The summed E-state index contributed by atoms with van der Waals surface area (Å²) in [6, 6.07) is 0.794. The van der Waals surface area contributed by atoms with Crippen LogP contribution in [0.2, 0.25) is 0 Å². The summed E-state index contributed by atoms with van der Waals surface area (Å²) in [6.07, 6.45) is 4.58. The Kier molecular flexibility index (Phi) is 3.82. The molecular weight excluding hydrogens is 202 g/mol. The molecule has 2 N–H and O–H groups in total. The smallest absolute Gasteiger partial charge is 0.224 e. The molecule has 1 heterocycles. The first-order chi connectivity index (χ1) is 7.66. The Morgan fingerprint density at radius 2 is 1.94 bits per heavy atom. The number of nitrogens with zero attached hydrogens (tertiary/aromatic N) is 2. The van der Waals surface area contributed by atoms with Gasteiger partial charge in [0.25, 0.3) is 0 Å². The summed E-state index contributed by atoms with van der Waals surface area (Å²) in [5.41, 5.74) is 5.65. The van der Waals surface area contributed by atoms with E-state index < -0.39 is 0 Å². The van der Waals surface area contributed by atoms with Crippen molar-refractivity contribution in [3.63, 3.8) is 0 Å². The van der Waals surface area contributed by atoms with Crippen LogP contribution in [0.4, 0.5) is 0 Å². The number of amides is 1. The molecule has 2 rings (SSSR count). The number of carbonyl (C=O) groups excluding carboxylic acids is 1. The molecule has 2 fully saturated rings. The second kappa shape index (κ2) is 5.15. The minimum Gasteiger partial charge on any atom is -0.340 e. The van der Waals surface area contributed by atoms with Crippen molar-refractivity contribution in [1.29, 1.82) is 0 Å². The molecule has 1 amide bonds. The average Bonchev–Trinajstić information content (AvgIpc) is 2.15. The topological polar surface area (TPSA) is 49.6 Å². The zero-order valence-corrected chi connectivity index (χ0v) is 10.2. The monoisotopic (exact) mass is 225 g/mol. The number of nitrogens with two attached hydrogens (primary N) is 1. The van der Waals surface area contributed by atoms with Crippen molar-refractivity contribution in [2.24, 2.45) is 5.73 Å². The van der Waals surface area contributed by atoms with E-state index in [9.17, 15) is 4.79 Å². The highest BCUT2D eigenvalue weighted by molar-refractivity contribution is 5.76. The van der Waals surface area contributed by atoms with E-state index in [-0.39, 0.29) is 11.9 Å². The van der Waals surface area contributed by atoms with E-state index >= 15 is 0 Å². The van der Waals surface area contributed by atoms with Crippen LogP contribution < -0.4 is 5.73 Å². The number of hydrogen-bond donors (Lipinski definition) is 1. The van der Waals surface area contributed by atoms with E-state index in [2.05, 4.69) is 4.90 Å². The quantitative estimate of drug-likeness (QED) is 0.757. The highest BCUT2D eigenvalue weighted by Crippen LogP contribution is 2.25. The van der Waals surface area contributed by atoms with Crippen LogP contribution in [-0.4, -0.2) is 54.0 Å². The second-order valence-electron chi connectivity index (χ2n) is 5.18. The lowest BCUT2D eigenvalue weighted by atomic mass is 9.91. The summed E-state index contributed by atoms with van der Waals surface area (Å²) in [5, 5.41) is 0. The summed E-state index contributed by atoms with van der Waals surface area (Å²) in [5.74, 6) is 0.225. The molecule has 4 nitrogen and oxygen atoms in total. The second-order valence-corrected chi connectivity index (χ2v) is 5.18. The summed E-state index contributed by atoms with van der Waals surface area (Å²) >= 11 is 0. The van der Waals surface area contributed by atoms with Gasteiger partial charge >= 0.3 is 0 Å². The third kappa shape index (κ3) is 2.74. The van der Waals surface area contributed by atoms with Gasteiger partial charge in [0.05, 0.1) is 0 Å². The van der Waals surface area contributed by atoms with Gasteiger partial charge in [0, 0.05) is 44.7 Å². The third-order valence-corrected chi connectivity index (χ3v) is 3.75. The van der Waals surface area contributed by atoms with E-state index in [4.69, 9.17) is 5.73 Å². The SMILES string of the molecule is CC(N)CC(=O)N1CCN(C2CCC2)CC1. The van der Waals surface area contributed by atoms with Crippen LogP contribution in [0.1, 0.15) is 32.6 Å². The Morgan fingerprint density at radius 3 is 2.38 bits per heavy atom. The summed E-state index contributed by atoms with van der Waals surface area (Å²) in [6.45, 7) is 5.78. The Balaban J connectivity index is 1.73. The van der Waals surface area contributed by atoms with Crippen LogP contribution in [0.5, 0.6) is 0 Å². The Hall–Kier alpha value is -0.610. The number of carbonyl (C=O) groups is 1. The zero-order chi connectivity index (χ0) is 11.5. The van der Waals surface area contributed by atoms with Gasteiger partial charge in [-0.25, -0.2) is 0 Å². The first kappa shape index (κ1) is 11.9. The fraction of sp³-hybridized carbons (Fsp3) is 0.917. The van der Waals surface area contributed by atoms with Gasteiger partial charge < -0.3 is 10.6 Å². The molecule has 0 spiro atoms. The van der Waals surface area contributed by atoms with Gasteiger partial charge in [0.1, 0.15) is 0 Å². The van der Waals surface area contributed by atoms with Crippen molar-refractivity contribution in [3.05, 3.63) is 0 Å². The van der Waals surface area contributed by atoms with Gasteiger partial charge in [-0.3, -0.25) is 9.69 Å². The standard InChI is InChI=1S/C12H23N3O/c1-10(13)9-12(16)15-7-5-14(6-8-15)11-3-2-4-11/h10-11H,2-9,13H2,1H3. The van der Waals surface area contributed by atoms with Crippen LogP contribution in [0, 0.1) is 0 Å². The van der Waals surface area contributed by atoms with E-state index in [1.165, 1.54) is 19.3 Å². The molecule has 1 unspecified atom stereocenters. The first-order valence-corrected chi connectivity index (χ1v) is 6.44. The normalized spacial score (nSPS) is 25.2. The van der Waals surface area contributed by atoms with Gasteiger partial charge in [-0.15, -0.1) is 0 Å². The molecular formula is C12H23N3O. The van der Waals surface area contributed by atoms with Crippen molar-refractivity contribution in [1.82, 2.24) is 9.80 Å². The lowest BCUT2D eigenvalue weighted by Gasteiger charge is -2.43. The molecule has 0 radical (unpaired) electrons. The zero-order valence-electron chi connectivity index (χ0n) is 10.2. The molecule has 1 atom stereocenters. The van der Waals surface area contributed by atoms with Crippen molar-refractivity contribution >= 4 is 5.91 Å². The minimum absolute atomic E-state index is 0.0165. The largest absolute Gasteiger partial charge is 0.340 e. The maximum absolute atomic E-state index is 11.8. The molecule has 0 aromatic carbocycles. The van der Waals surface area contributed by atoms with E-state index in [1.54, 1.807) is 0 Å². The summed E-state index contributed by atoms with van der Waals surface area (Å²) < 4.78 is 0. The number of rotatable bonds is 3. The van der Waals surface area contributed by atoms with Gasteiger partial charge in [0.2, 0.25) is 5.91 Å². The van der Waals surface area contributed by atoms with Gasteiger partial charge in [-0.2, -0.15) is 0 Å². The number of hydrogen-bond acceptors (Lipinski definition) is 3. The lowest BCUT2D eigenvalue weighted by molar-refractivity contribution is -0.133. The van der Waals surface area contributed by atoms with Crippen molar-refractivity contribution in [2.75, 3.05) is 26.2 Å². The Labute approximate surface area is 97.8 Å². The van der Waals surface area contributed by atoms with Crippen LogP contribution in [-0.2, 0) is 4.79 Å². The van der Waals surface area contributed by atoms with Crippen LogP contribution in [0.15, 0.2) is 0 Å². The lowest BCUT2D eigenvalue weighted by Crippen LogP contribution is -2.53. The van der Waals surface area contributed by atoms with Crippen LogP contribution >= 0.6 is 0 Å². The fourth-order valence-electron chi connectivity index (χ4n) is 2.49. The minimum atomic E-state index is -0.0165. The van der Waals surface area contributed by atoms with Gasteiger partial charge in [-0.05, 0) is 19.8 Å². The molecule has 16 heavy (non-hydrogen) atoms. The van der Waals surface area contributed by atoms with Gasteiger partial charge in [-0.1, -0.05) is 6.42 Å². The molecule has 2 aliphatic rings. The maximum atomic E-state index is 11.8. The summed E-state index contributed by atoms with van der Waals surface area (Å²) in [4.78, 5) is 16.3. The van der Waals surface area contributed by atoms with E-state index in [0.29, 0.717) is 6.42 Å². The average molecular weight is 225 g/mol. The molecule has 0 aromatic rings. The molecule has 0 bridgehead atoms. The fourth-order valence-corrected chi connectivity index (χ4v) is 2.49. The van der Waals surface area contributed by atoms with E-state index in [0.717, 1.165) is 32.2 Å². The predicted molar refractivity (Wildman–Crippen MR) is 64.1 cm³/mol. The van der Waals surface area contributed by atoms with Crippen molar-refractivity contribution in [2.45, 2.75) is 44.7 Å². The van der Waals surface area contributed by atoms with Crippen LogP contribution in [0.25, 0.3) is 0 Å². The molecule has 1 saturated carbocycles. The Morgan fingerprint density at radius 1 is 1.31 bits per heavy atom. The molecule has 92 valence electrons. The maximum Gasteiger partial charge on any atom is 0.224 e. The third-order valence-electron chi connectivity index (χ3n) is 3.75. The molecule has 4 heteroatoms. The van der Waals surface area contributed by atoms with Crippen LogP contribution in [0.3, 0.4) is 0 Å². The van der Waals surface area contributed by atoms with Crippen molar-refractivity contribution in [3.8, 4) is 0 Å². The molecule has 1 aliphatic carbocycles. The van der Waals surface area contributed by atoms with E-state index in [1.807, 2.05) is 11.8 Å². The highest BCUT2D eigenvalue weighted by atomic mass is 16.2. The highest BCUT2D eigenvalue weighted by Gasteiger charge is 2.29. The Bertz CT molecular complexity index is 243.